The highest BCUT2D eigenvalue weighted by molar-refractivity contribution is 4.79. The summed E-state index contributed by atoms with van der Waals surface area (Å²) in [7, 11) is 0. The summed E-state index contributed by atoms with van der Waals surface area (Å²) in [6.07, 6.45) is -4.11. The van der Waals surface area contributed by atoms with Crippen LogP contribution in [0, 0.1) is 0 Å². The zero-order chi connectivity index (χ0) is 8.43. The molecule has 1 heterocycles. The molecular formula is C6H12O5. The molecule has 0 aliphatic carbocycles. The van der Waals surface area contributed by atoms with Crippen LogP contribution >= 0.6 is 0 Å². The smallest absolute Gasteiger partial charge is 0.183 e. The summed E-state index contributed by atoms with van der Waals surface area (Å²) in [5, 5.41) is 35.5. The first-order valence-electron chi connectivity index (χ1n) is 3.45. The van der Waals surface area contributed by atoms with Crippen molar-refractivity contribution in [2.75, 3.05) is 6.61 Å². The van der Waals surface area contributed by atoms with Gasteiger partial charge in [0.15, 0.2) is 6.29 Å². The van der Waals surface area contributed by atoms with E-state index in [2.05, 4.69) is 0 Å². The van der Waals surface area contributed by atoms with Gasteiger partial charge in [0.05, 0.1) is 18.8 Å². The van der Waals surface area contributed by atoms with Gasteiger partial charge < -0.3 is 25.2 Å². The highest BCUT2D eigenvalue weighted by atomic mass is 16.6. The molecule has 4 atom stereocenters. The predicted molar refractivity (Wildman–Crippen MR) is 34.6 cm³/mol. The van der Waals surface area contributed by atoms with Crippen molar-refractivity contribution < 1.29 is 25.2 Å². The normalized spacial score (nSPS) is 45.8. The molecule has 0 amide bonds. The first kappa shape index (κ1) is 8.89. The molecule has 11 heavy (non-hydrogen) atoms. The summed E-state index contributed by atoms with van der Waals surface area (Å²) in [4.78, 5) is 0. The Labute approximate surface area is 63.8 Å². The first-order chi connectivity index (χ1) is 5.15. The number of ether oxygens (including phenoxy) is 1. The Balaban J connectivity index is 2.47. The van der Waals surface area contributed by atoms with Crippen LogP contribution in [0.4, 0.5) is 0 Å². The summed E-state index contributed by atoms with van der Waals surface area (Å²) >= 11 is 0. The monoisotopic (exact) mass is 164 g/mol. The second-order valence-corrected chi connectivity index (χ2v) is 2.62. The molecule has 1 aliphatic heterocycles. The Kier molecular flexibility index (Phi) is 2.80. The number of aliphatic hydroxyl groups excluding tert-OH is 4. The molecule has 0 aromatic carbocycles. The molecule has 1 aliphatic rings. The highest BCUT2D eigenvalue weighted by Crippen LogP contribution is 2.17. The number of hydrogen-bond donors (Lipinski definition) is 4. The Hall–Kier alpha value is -0.200. The van der Waals surface area contributed by atoms with E-state index in [1.54, 1.807) is 0 Å². The summed E-state index contributed by atoms with van der Waals surface area (Å²) in [6.45, 7) is -0.263. The van der Waals surface area contributed by atoms with E-state index in [0.717, 1.165) is 0 Å². The Morgan fingerprint density at radius 3 is 2.36 bits per heavy atom. The third-order valence-corrected chi connectivity index (χ3v) is 1.73. The lowest BCUT2D eigenvalue weighted by Crippen LogP contribution is -2.49. The van der Waals surface area contributed by atoms with Crippen molar-refractivity contribution in [2.45, 2.75) is 31.0 Å². The van der Waals surface area contributed by atoms with Crippen LogP contribution in [0.1, 0.15) is 6.42 Å². The van der Waals surface area contributed by atoms with Gasteiger partial charge in [-0.15, -0.1) is 0 Å². The molecule has 0 bridgehead atoms. The Bertz CT molecular complexity index is 116. The van der Waals surface area contributed by atoms with E-state index in [4.69, 9.17) is 25.2 Å². The lowest BCUT2D eigenvalue weighted by molar-refractivity contribution is -0.251. The van der Waals surface area contributed by atoms with Crippen LogP contribution in [-0.2, 0) is 4.74 Å². The summed E-state index contributed by atoms with van der Waals surface area (Å²) in [6, 6.07) is 0. The fourth-order valence-corrected chi connectivity index (χ4v) is 1.05. The molecule has 0 radical (unpaired) electrons. The van der Waals surface area contributed by atoms with Gasteiger partial charge in [-0.1, -0.05) is 0 Å². The number of aliphatic hydroxyl groups is 4. The van der Waals surface area contributed by atoms with Crippen molar-refractivity contribution in [2.24, 2.45) is 0 Å². The Morgan fingerprint density at radius 2 is 1.91 bits per heavy atom. The van der Waals surface area contributed by atoms with E-state index >= 15 is 0 Å². The molecule has 66 valence electrons. The van der Waals surface area contributed by atoms with E-state index in [0.29, 0.717) is 0 Å². The molecule has 1 saturated heterocycles. The van der Waals surface area contributed by atoms with Crippen LogP contribution in [0.15, 0.2) is 0 Å². The minimum Gasteiger partial charge on any atom is -0.394 e. The van der Waals surface area contributed by atoms with E-state index in [9.17, 15) is 0 Å². The summed E-state index contributed by atoms with van der Waals surface area (Å²) < 4.78 is 4.71. The molecule has 0 aromatic rings. The SMILES string of the molecule is OC[C@H]1C[C@H](O)[C@@H](O)C(O)O1. The van der Waals surface area contributed by atoms with Crippen LogP contribution in [0.3, 0.4) is 0 Å². The van der Waals surface area contributed by atoms with E-state index in [1.807, 2.05) is 0 Å². The van der Waals surface area contributed by atoms with Crippen molar-refractivity contribution in [3.8, 4) is 0 Å². The van der Waals surface area contributed by atoms with Crippen molar-refractivity contribution in [3.05, 3.63) is 0 Å². The maximum atomic E-state index is 9.05. The molecule has 0 spiro atoms. The van der Waals surface area contributed by atoms with Crippen molar-refractivity contribution >= 4 is 0 Å². The minimum atomic E-state index is -1.39. The molecule has 1 fully saturated rings. The second kappa shape index (κ2) is 3.46. The average molecular weight is 164 g/mol. The molecule has 5 heteroatoms. The van der Waals surface area contributed by atoms with Gasteiger partial charge in [-0.05, 0) is 0 Å². The largest absolute Gasteiger partial charge is 0.394 e. The molecule has 0 saturated carbocycles. The van der Waals surface area contributed by atoms with Crippen LogP contribution in [0.5, 0.6) is 0 Å². The van der Waals surface area contributed by atoms with Gasteiger partial charge in [0.1, 0.15) is 6.10 Å². The lowest BCUT2D eigenvalue weighted by atomic mass is 10.0. The Morgan fingerprint density at radius 1 is 1.27 bits per heavy atom. The molecule has 5 nitrogen and oxygen atoms in total. The van der Waals surface area contributed by atoms with Crippen molar-refractivity contribution in [1.29, 1.82) is 0 Å². The van der Waals surface area contributed by atoms with Crippen molar-refractivity contribution in [1.82, 2.24) is 0 Å². The predicted octanol–water partition coefficient (Wildman–Crippen LogP) is -2.19. The third-order valence-electron chi connectivity index (χ3n) is 1.73. The summed E-state index contributed by atoms with van der Waals surface area (Å²) in [5.74, 6) is 0. The van der Waals surface area contributed by atoms with Crippen molar-refractivity contribution in [3.63, 3.8) is 0 Å². The third kappa shape index (κ3) is 1.88. The van der Waals surface area contributed by atoms with E-state index in [1.165, 1.54) is 0 Å². The average Bonchev–Trinajstić information content (AvgIpc) is 1.99. The van der Waals surface area contributed by atoms with Gasteiger partial charge in [-0.2, -0.15) is 0 Å². The van der Waals surface area contributed by atoms with E-state index < -0.39 is 24.6 Å². The van der Waals surface area contributed by atoms with Crippen LogP contribution in [0.2, 0.25) is 0 Å². The minimum absolute atomic E-state index is 0.148. The van der Waals surface area contributed by atoms with Crippen LogP contribution < -0.4 is 0 Å². The second-order valence-electron chi connectivity index (χ2n) is 2.62. The topological polar surface area (TPSA) is 90.2 Å². The zero-order valence-corrected chi connectivity index (χ0v) is 5.92. The highest BCUT2D eigenvalue weighted by Gasteiger charge is 2.34. The maximum absolute atomic E-state index is 9.05. The standard InChI is InChI=1S/C6H12O5/c7-2-3-1-4(8)5(9)6(10)11-3/h3-10H,1-2H2/t3-,4+,5-,6?/m1/s1. The molecule has 1 rings (SSSR count). The van der Waals surface area contributed by atoms with Gasteiger partial charge in [-0.25, -0.2) is 0 Å². The van der Waals surface area contributed by atoms with Gasteiger partial charge >= 0.3 is 0 Å². The quantitative estimate of drug-likeness (QED) is 0.353. The number of hydrogen-bond acceptors (Lipinski definition) is 5. The van der Waals surface area contributed by atoms with Gasteiger partial charge in [0.25, 0.3) is 0 Å². The molecule has 1 unspecified atom stereocenters. The van der Waals surface area contributed by atoms with Gasteiger partial charge in [-0.3, -0.25) is 0 Å². The van der Waals surface area contributed by atoms with Crippen LogP contribution in [-0.4, -0.2) is 51.6 Å². The lowest BCUT2D eigenvalue weighted by Gasteiger charge is -2.33. The van der Waals surface area contributed by atoms with Gasteiger partial charge in [0, 0.05) is 6.42 Å². The first-order valence-corrected chi connectivity index (χ1v) is 3.45. The molecule has 0 aromatic heterocycles. The van der Waals surface area contributed by atoms with E-state index in [-0.39, 0.29) is 13.0 Å². The van der Waals surface area contributed by atoms with Gasteiger partial charge in [0.2, 0.25) is 0 Å². The molecular weight excluding hydrogens is 152 g/mol. The fourth-order valence-electron chi connectivity index (χ4n) is 1.05. The molecule has 4 N–H and O–H groups in total. The maximum Gasteiger partial charge on any atom is 0.183 e. The summed E-state index contributed by atoms with van der Waals surface area (Å²) in [5.41, 5.74) is 0. The fraction of sp³-hybridized carbons (Fsp3) is 1.00. The number of rotatable bonds is 1. The zero-order valence-electron chi connectivity index (χ0n) is 5.92. The van der Waals surface area contributed by atoms with Crippen LogP contribution in [0.25, 0.3) is 0 Å².